The van der Waals surface area contributed by atoms with Crippen molar-refractivity contribution in [2.75, 3.05) is 7.11 Å². The van der Waals surface area contributed by atoms with Gasteiger partial charge in [0.1, 0.15) is 5.75 Å². The summed E-state index contributed by atoms with van der Waals surface area (Å²) in [5, 5.41) is 3.92. The van der Waals surface area contributed by atoms with Crippen LogP contribution in [0.3, 0.4) is 0 Å². The lowest BCUT2D eigenvalue weighted by Gasteiger charge is -2.03. The highest BCUT2D eigenvalue weighted by molar-refractivity contribution is 9.10. The number of nitrogens with zero attached hydrogens (tertiary/aromatic N) is 2. The summed E-state index contributed by atoms with van der Waals surface area (Å²) in [5.41, 5.74) is 4.62. The molecule has 0 saturated carbocycles. The monoisotopic (exact) mass is 347 g/mol. The molecule has 0 unspecified atom stereocenters. The number of benzene rings is 1. The Morgan fingerprint density at radius 2 is 2.19 bits per heavy atom. The number of aryl methyl sites for hydroxylation is 1. The highest BCUT2D eigenvalue weighted by Gasteiger charge is 2.04. The van der Waals surface area contributed by atoms with Crippen LogP contribution >= 0.6 is 15.9 Å². The summed E-state index contributed by atoms with van der Waals surface area (Å²) >= 11 is 3.39. The molecule has 1 N–H and O–H groups in total. The molecule has 0 radical (unpaired) electrons. The van der Waals surface area contributed by atoms with E-state index in [1.54, 1.807) is 25.5 Å². The fourth-order valence-electron chi connectivity index (χ4n) is 1.60. The van der Waals surface area contributed by atoms with Crippen LogP contribution < -0.4 is 10.2 Å². The van der Waals surface area contributed by atoms with E-state index in [9.17, 15) is 4.79 Å². The zero-order valence-corrected chi connectivity index (χ0v) is 13.2. The predicted octanol–water partition coefficient (Wildman–Crippen LogP) is 2.93. The number of nitrogens with one attached hydrogen (secondary N) is 1. The van der Waals surface area contributed by atoms with Crippen molar-refractivity contribution in [1.82, 2.24) is 10.4 Å². The van der Waals surface area contributed by atoms with E-state index in [0.29, 0.717) is 5.56 Å². The quantitative estimate of drug-likeness (QED) is 0.683. The first-order valence-electron chi connectivity index (χ1n) is 6.20. The fraction of sp³-hybridized carbons (Fsp3) is 0.133. The largest absolute Gasteiger partial charge is 0.496 e. The lowest BCUT2D eigenvalue weighted by atomic mass is 10.2. The Morgan fingerprint density at radius 1 is 1.38 bits per heavy atom. The van der Waals surface area contributed by atoms with Gasteiger partial charge in [-0.25, -0.2) is 5.43 Å². The second kappa shape index (κ2) is 6.99. The number of hydrazone groups is 1. The molecule has 0 fully saturated rings. The number of hydrogen-bond acceptors (Lipinski definition) is 4. The van der Waals surface area contributed by atoms with Crippen LogP contribution in [0, 0.1) is 6.92 Å². The van der Waals surface area contributed by atoms with Crippen LogP contribution in [-0.2, 0) is 0 Å². The van der Waals surface area contributed by atoms with Gasteiger partial charge in [-0.05, 0) is 58.7 Å². The Labute approximate surface area is 131 Å². The van der Waals surface area contributed by atoms with Crippen molar-refractivity contribution in [3.63, 3.8) is 0 Å². The van der Waals surface area contributed by atoms with Gasteiger partial charge in [-0.15, -0.1) is 0 Å². The SMILES string of the molecule is COc1ccc(C=NNC(=O)c2ccc(C)nc2)cc1Br. The predicted molar refractivity (Wildman–Crippen MR) is 84.7 cm³/mol. The number of hydrogen-bond donors (Lipinski definition) is 1. The van der Waals surface area contributed by atoms with E-state index in [4.69, 9.17) is 4.74 Å². The Morgan fingerprint density at radius 3 is 2.81 bits per heavy atom. The molecule has 0 atom stereocenters. The van der Waals surface area contributed by atoms with E-state index < -0.39 is 0 Å². The van der Waals surface area contributed by atoms with Gasteiger partial charge in [0, 0.05) is 11.9 Å². The number of carbonyl (C=O) groups is 1. The number of rotatable bonds is 4. The molecule has 2 rings (SSSR count). The van der Waals surface area contributed by atoms with Gasteiger partial charge in [-0.2, -0.15) is 5.10 Å². The third-order valence-electron chi connectivity index (χ3n) is 2.73. The number of aromatic nitrogens is 1. The van der Waals surface area contributed by atoms with E-state index in [-0.39, 0.29) is 5.91 Å². The summed E-state index contributed by atoms with van der Waals surface area (Å²) in [6.07, 6.45) is 3.08. The summed E-state index contributed by atoms with van der Waals surface area (Å²) in [6, 6.07) is 8.99. The van der Waals surface area contributed by atoms with E-state index in [2.05, 4.69) is 31.4 Å². The minimum absolute atomic E-state index is 0.300. The zero-order chi connectivity index (χ0) is 15.2. The second-order valence-corrected chi connectivity index (χ2v) is 5.14. The Hall–Kier alpha value is -2.21. The van der Waals surface area contributed by atoms with Gasteiger partial charge < -0.3 is 4.74 Å². The second-order valence-electron chi connectivity index (χ2n) is 4.28. The standard InChI is InChI=1S/C15H14BrN3O2/c1-10-3-5-12(9-17-10)15(20)19-18-8-11-4-6-14(21-2)13(16)7-11/h3-9H,1-2H3,(H,19,20). The lowest BCUT2D eigenvalue weighted by molar-refractivity contribution is 0.0955. The molecule has 5 nitrogen and oxygen atoms in total. The summed E-state index contributed by atoms with van der Waals surface area (Å²) in [5.74, 6) is 0.438. The van der Waals surface area contributed by atoms with E-state index >= 15 is 0 Å². The van der Waals surface area contributed by atoms with Crippen molar-refractivity contribution in [3.8, 4) is 5.75 Å². The molecule has 6 heteroatoms. The summed E-state index contributed by atoms with van der Waals surface area (Å²) in [4.78, 5) is 15.9. The van der Waals surface area contributed by atoms with E-state index in [0.717, 1.165) is 21.5 Å². The number of amides is 1. The highest BCUT2D eigenvalue weighted by Crippen LogP contribution is 2.24. The van der Waals surface area contributed by atoms with Crippen LogP contribution in [0.25, 0.3) is 0 Å². The molecular weight excluding hydrogens is 334 g/mol. The molecule has 0 aliphatic carbocycles. The van der Waals surface area contributed by atoms with Crippen molar-refractivity contribution in [1.29, 1.82) is 0 Å². The molecule has 1 aromatic heterocycles. The Kier molecular flexibility index (Phi) is 5.05. The normalized spacial score (nSPS) is 10.6. The van der Waals surface area contributed by atoms with Crippen LogP contribution in [0.4, 0.5) is 0 Å². The number of ether oxygens (including phenoxy) is 1. The fourth-order valence-corrected chi connectivity index (χ4v) is 2.15. The van der Waals surface area contributed by atoms with Crippen LogP contribution in [0.15, 0.2) is 46.1 Å². The van der Waals surface area contributed by atoms with Crippen LogP contribution in [0.5, 0.6) is 5.75 Å². The summed E-state index contributed by atoms with van der Waals surface area (Å²) < 4.78 is 5.96. The van der Waals surface area contributed by atoms with Gasteiger partial charge in [-0.1, -0.05) is 0 Å². The Balaban J connectivity index is 2.00. The maximum absolute atomic E-state index is 11.8. The number of halogens is 1. The van der Waals surface area contributed by atoms with Crippen molar-refractivity contribution in [2.24, 2.45) is 5.10 Å². The maximum Gasteiger partial charge on any atom is 0.272 e. The van der Waals surface area contributed by atoms with Gasteiger partial charge in [0.15, 0.2) is 0 Å². The highest BCUT2D eigenvalue weighted by atomic mass is 79.9. The number of methoxy groups -OCH3 is 1. The van der Waals surface area contributed by atoms with Crippen molar-refractivity contribution >= 4 is 28.1 Å². The molecule has 0 aliphatic rings. The number of pyridine rings is 1. The molecule has 2 aromatic rings. The molecule has 1 amide bonds. The van der Waals surface area contributed by atoms with Crippen LogP contribution in [0.2, 0.25) is 0 Å². The van der Waals surface area contributed by atoms with Crippen LogP contribution in [0.1, 0.15) is 21.6 Å². The Bertz CT molecular complexity index is 669. The summed E-state index contributed by atoms with van der Waals surface area (Å²) in [6.45, 7) is 1.86. The van der Waals surface area contributed by atoms with Crippen molar-refractivity contribution in [2.45, 2.75) is 6.92 Å². The average Bonchev–Trinajstić information content (AvgIpc) is 2.48. The first-order chi connectivity index (χ1) is 10.1. The first-order valence-corrected chi connectivity index (χ1v) is 6.99. The summed E-state index contributed by atoms with van der Waals surface area (Å²) in [7, 11) is 1.60. The minimum Gasteiger partial charge on any atom is -0.496 e. The molecule has 108 valence electrons. The third kappa shape index (κ3) is 4.13. The van der Waals surface area contributed by atoms with Crippen LogP contribution in [-0.4, -0.2) is 24.2 Å². The van der Waals surface area contributed by atoms with E-state index in [1.165, 1.54) is 6.20 Å². The van der Waals surface area contributed by atoms with Crippen molar-refractivity contribution in [3.05, 3.63) is 57.8 Å². The third-order valence-corrected chi connectivity index (χ3v) is 3.35. The molecular formula is C15H14BrN3O2. The molecule has 0 spiro atoms. The van der Waals surface area contributed by atoms with Gasteiger partial charge in [0.2, 0.25) is 0 Å². The maximum atomic E-state index is 11.8. The smallest absolute Gasteiger partial charge is 0.272 e. The zero-order valence-electron chi connectivity index (χ0n) is 11.6. The molecule has 0 bridgehead atoms. The molecule has 21 heavy (non-hydrogen) atoms. The van der Waals surface area contributed by atoms with Gasteiger partial charge >= 0.3 is 0 Å². The minimum atomic E-state index is -0.300. The molecule has 1 heterocycles. The molecule has 0 aliphatic heterocycles. The molecule has 1 aromatic carbocycles. The lowest BCUT2D eigenvalue weighted by Crippen LogP contribution is -2.17. The first kappa shape index (κ1) is 15.2. The van der Waals surface area contributed by atoms with Gasteiger partial charge in [0.25, 0.3) is 5.91 Å². The topological polar surface area (TPSA) is 63.6 Å². The molecule has 0 saturated heterocycles. The average molecular weight is 348 g/mol. The van der Waals surface area contributed by atoms with Gasteiger partial charge in [-0.3, -0.25) is 9.78 Å². The number of carbonyl (C=O) groups excluding carboxylic acids is 1. The van der Waals surface area contributed by atoms with Gasteiger partial charge in [0.05, 0.1) is 23.4 Å². The van der Waals surface area contributed by atoms with E-state index in [1.807, 2.05) is 25.1 Å². The van der Waals surface area contributed by atoms with Crippen molar-refractivity contribution < 1.29 is 9.53 Å².